The van der Waals surface area contributed by atoms with Crippen LogP contribution in [0.4, 0.5) is 4.79 Å². The van der Waals surface area contributed by atoms with Crippen molar-refractivity contribution in [3.05, 3.63) is 0 Å². The Morgan fingerprint density at radius 3 is 2.41 bits per heavy atom. The number of likely N-dealkylation sites (N-methyl/N-ethyl adjacent to an activating group) is 1. The maximum atomic E-state index is 11.8. The molecule has 5 nitrogen and oxygen atoms in total. The van der Waals surface area contributed by atoms with Crippen molar-refractivity contribution in [3.8, 4) is 0 Å². The average Bonchev–Trinajstić information content (AvgIpc) is 3.10. The molecule has 17 heavy (non-hydrogen) atoms. The molecule has 98 valence electrons. The number of nitrogens with one attached hydrogen (secondary N) is 2. The average molecular weight is 241 g/mol. The Hall–Kier alpha value is -1.10. The Morgan fingerprint density at radius 1 is 1.35 bits per heavy atom. The number of carbonyl (C=O) groups is 2. The van der Waals surface area contributed by atoms with Crippen molar-refractivity contribution >= 4 is 11.9 Å². The van der Waals surface area contributed by atoms with Crippen LogP contribution < -0.4 is 10.6 Å². The number of hydrogen-bond donors (Lipinski definition) is 2. The van der Waals surface area contributed by atoms with Gasteiger partial charge in [-0.3, -0.25) is 15.0 Å². The van der Waals surface area contributed by atoms with Gasteiger partial charge in [-0.05, 0) is 46.6 Å². The Kier molecular flexibility index (Phi) is 4.93. The van der Waals surface area contributed by atoms with Crippen LogP contribution in [0.3, 0.4) is 0 Å². The van der Waals surface area contributed by atoms with Crippen molar-refractivity contribution in [1.82, 2.24) is 15.5 Å². The van der Waals surface area contributed by atoms with Crippen LogP contribution in [0.15, 0.2) is 0 Å². The zero-order chi connectivity index (χ0) is 13.0. The molecule has 0 aromatic rings. The van der Waals surface area contributed by atoms with Gasteiger partial charge in [0.2, 0.25) is 5.91 Å². The molecule has 1 saturated carbocycles. The second-order valence-corrected chi connectivity index (χ2v) is 4.77. The third-order valence-electron chi connectivity index (χ3n) is 3.51. The summed E-state index contributed by atoms with van der Waals surface area (Å²) < 4.78 is 0. The van der Waals surface area contributed by atoms with Crippen LogP contribution in [0.25, 0.3) is 0 Å². The molecule has 3 amide bonds. The zero-order valence-corrected chi connectivity index (χ0v) is 11.1. The van der Waals surface area contributed by atoms with E-state index in [1.807, 2.05) is 25.8 Å². The molecule has 1 aliphatic carbocycles. The molecule has 0 aromatic carbocycles. The Morgan fingerprint density at radius 2 is 1.94 bits per heavy atom. The molecule has 0 spiro atoms. The molecule has 0 aliphatic heterocycles. The summed E-state index contributed by atoms with van der Waals surface area (Å²) in [6, 6.07) is -0.310. The van der Waals surface area contributed by atoms with Gasteiger partial charge in [0.05, 0.1) is 6.04 Å². The molecule has 0 bridgehead atoms. The van der Waals surface area contributed by atoms with E-state index in [9.17, 15) is 9.59 Å². The molecule has 5 heteroatoms. The van der Waals surface area contributed by atoms with E-state index < -0.39 is 6.03 Å². The highest BCUT2D eigenvalue weighted by atomic mass is 16.2. The lowest BCUT2D eigenvalue weighted by Crippen LogP contribution is -2.51. The molecule has 0 aromatic heterocycles. The van der Waals surface area contributed by atoms with Crippen LogP contribution in [0, 0.1) is 5.92 Å². The number of rotatable bonds is 5. The third-order valence-corrected chi connectivity index (χ3v) is 3.51. The summed E-state index contributed by atoms with van der Waals surface area (Å²) in [5, 5.41) is 4.89. The predicted octanol–water partition coefficient (Wildman–Crippen LogP) is 0.951. The molecule has 0 radical (unpaired) electrons. The van der Waals surface area contributed by atoms with Gasteiger partial charge in [-0.1, -0.05) is 0 Å². The number of nitrogens with zero attached hydrogens (tertiary/aromatic N) is 1. The summed E-state index contributed by atoms with van der Waals surface area (Å²) in [7, 11) is 1.94. The van der Waals surface area contributed by atoms with Crippen LogP contribution in [-0.4, -0.2) is 42.5 Å². The van der Waals surface area contributed by atoms with Gasteiger partial charge in [-0.15, -0.1) is 0 Å². The predicted molar refractivity (Wildman–Crippen MR) is 66.6 cm³/mol. The lowest BCUT2D eigenvalue weighted by molar-refractivity contribution is -0.125. The fourth-order valence-electron chi connectivity index (χ4n) is 1.87. The summed E-state index contributed by atoms with van der Waals surface area (Å²) in [5.74, 6) is 0.464. The monoisotopic (exact) mass is 241 g/mol. The number of carbonyl (C=O) groups excluding carboxylic acids is 2. The Bertz CT molecular complexity index is 289. The standard InChI is InChI=1S/C12H23N3O2/c1-5-13-12(17)14-11(16)9(3)15(4)8(2)10-6-7-10/h8-10H,5-7H2,1-4H3,(H2,13,14,16,17). The Balaban J connectivity index is 2.41. The molecule has 2 N–H and O–H groups in total. The van der Waals surface area contributed by atoms with Gasteiger partial charge in [0.1, 0.15) is 0 Å². The summed E-state index contributed by atoms with van der Waals surface area (Å²) in [6.07, 6.45) is 2.49. The molecule has 1 aliphatic rings. The molecule has 2 unspecified atom stereocenters. The smallest absolute Gasteiger partial charge is 0.321 e. The van der Waals surface area contributed by atoms with Crippen molar-refractivity contribution in [1.29, 1.82) is 0 Å². The molecule has 1 rings (SSSR count). The maximum Gasteiger partial charge on any atom is 0.321 e. The minimum absolute atomic E-state index is 0.244. The number of hydrogen-bond acceptors (Lipinski definition) is 3. The molecule has 1 fully saturated rings. The SMILES string of the molecule is CCNC(=O)NC(=O)C(C)N(C)C(C)C1CC1. The second-order valence-electron chi connectivity index (χ2n) is 4.77. The van der Waals surface area contributed by atoms with E-state index >= 15 is 0 Å². The van der Waals surface area contributed by atoms with E-state index in [0.29, 0.717) is 18.5 Å². The van der Waals surface area contributed by atoms with Gasteiger partial charge in [0.25, 0.3) is 0 Å². The summed E-state index contributed by atoms with van der Waals surface area (Å²) >= 11 is 0. The van der Waals surface area contributed by atoms with Crippen molar-refractivity contribution in [3.63, 3.8) is 0 Å². The van der Waals surface area contributed by atoms with Gasteiger partial charge < -0.3 is 5.32 Å². The minimum Gasteiger partial charge on any atom is -0.338 e. The first-order valence-corrected chi connectivity index (χ1v) is 6.28. The number of urea groups is 1. The third kappa shape index (κ3) is 4.00. The lowest BCUT2D eigenvalue weighted by atomic mass is 10.1. The van der Waals surface area contributed by atoms with Crippen LogP contribution >= 0.6 is 0 Å². The summed E-state index contributed by atoms with van der Waals surface area (Å²) in [4.78, 5) is 25.1. The molecular formula is C12H23N3O2. The molecular weight excluding hydrogens is 218 g/mol. The van der Waals surface area contributed by atoms with Crippen molar-refractivity contribution in [2.45, 2.75) is 45.7 Å². The molecule has 0 heterocycles. The van der Waals surface area contributed by atoms with E-state index in [2.05, 4.69) is 17.6 Å². The van der Waals surface area contributed by atoms with E-state index in [4.69, 9.17) is 0 Å². The van der Waals surface area contributed by atoms with E-state index in [0.717, 1.165) is 0 Å². The second kappa shape index (κ2) is 6.00. The van der Waals surface area contributed by atoms with Crippen LogP contribution in [0.2, 0.25) is 0 Å². The van der Waals surface area contributed by atoms with Gasteiger partial charge in [0.15, 0.2) is 0 Å². The fraction of sp³-hybridized carbons (Fsp3) is 0.833. The van der Waals surface area contributed by atoms with Gasteiger partial charge in [-0.25, -0.2) is 4.79 Å². The largest absolute Gasteiger partial charge is 0.338 e. The van der Waals surface area contributed by atoms with Gasteiger partial charge >= 0.3 is 6.03 Å². The highest BCUT2D eigenvalue weighted by Gasteiger charge is 2.34. The van der Waals surface area contributed by atoms with Crippen LogP contribution in [-0.2, 0) is 4.79 Å². The highest BCUT2D eigenvalue weighted by Crippen LogP contribution is 2.35. The van der Waals surface area contributed by atoms with Crippen molar-refractivity contribution in [2.24, 2.45) is 5.92 Å². The number of amides is 3. The van der Waals surface area contributed by atoms with E-state index in [1.54, 1.807) is 0 Å². The molecule has 0 saturated heterocycles. The highest BCUT2D eigenvalue weighted by molar-refractivity contribution is 5.96. The summed E-state index contributed by atoms with van der Waals surface area (Å²) in [6.45, 7) is 6.29. The quantitative estimate of drug-likeness (QED) is 0.753. The minimum atomic E-state index is -0.420. The molecule has 2 atom stereocenters. The van der Waals surface area contributed by atoms with Gasteiger partial charge in [0, 0.05) is 12.6 Å². The fourth-order valence-corrected chi connectivity index (χ4v) is 1.87. The van der Waals surface area contributed by atoms with Gasteiger partial charge in [-0.2, -0.15) is 0 Å². The zero-order valence-electron chi connectivity index (χ0n) is 11.1. The van der Waals surface area contributed by atoms with Crippen molar-refractivity contribution < 1.29 is 9.59 Å². The Labute approximate surface area is 103 Å². The lowest BCUT2D eigenvalue weighted by Gasteiger charge is -2.29. The number of imide groups is 1. The first kappa shape index (κ1) is 14.0. The summed E-state index contributed by atoms with van der Waals surface area (Å²) in [5.41, 5.74) is 0. The van der Waals surface area contributed by atoms with E-state index in [1.165, 1.54) is 12.8 Å². The van der Waals surface area contributed by atoms with Crippen LogP contribution in [0.1, 0.15) is 33.6 Å². The normalized spacial score (nSPS) is 18.6. The first-order valence-electron chi connectivity index (χ1n) is 6.28. The van der Waals surface area contributed by atoms with Crippen LogP contribution in [0.5, 0.6) is 0 Å². The topological polar surface area (TPSA) is 61.4 Å². The van der Waals surface area contributed by atoms with E-state index in [-0.39, 0.29) is 11.9 Å². The first-order chi connectivity index (χ1) is 7.97. The maximum absolute atomic E-state index is 11.8. The van der Waals surface area contributed by atoms with Crippen molar-refractivity contribution in [2.75, 3.05) is 13.6 Å².